The van der Waals surface area contributed by atoms with Gasteiger partial charge >= 0.3 is 6.16 Å². The summed E-state index contributed by atoms with van der Waals surface area (Å²) in [5.41, 5.74) is 3.68. The maximum absolute atomic E-state index is 9.11. The van der Waals surface area contributed by atoms with Crippen molar-refractivity contribution in [3.05, 3.63) is 18.0 Å². The third-order valence-corrected chi connectivity index (χ3v) is 6.49. The summed E-state index contributed by atoms with van der Waals surface area (Å²) in [6, 6.07) is 2.82. The first-order chi connectivity index (χ1) is 15.4. The molecule has 0 aromatic carbocycles. The van der Waals surface area contributed by atoms with E-state index in [1.165, 1.54) is 32.1 Å². The number of aromatic nitrogens is 3. The molecule has 2 aromatic rings. The van der Waals surface area contributed by atoms with Gasteiger partial charge in [0.2, 0.25) is 0 Å². The van der Waals surface area contributed by atoms with Crippen LogP contribution in [0.1, 0.15) is 63.9 Å². The van der Waals surface area contributed by atoms with Gasteiger partial charge in [-0.3, -0.25) is 0 Å². The van der Waals surface area contributed by atoms with Crippen molar-refractivity contribution in [2.75, 3.05) is 5.32 Å². The van der Waals surface area contributed by atoms with Crippen LogP contribution in [0.25, 0.3) is 11.0 Å². The van der Waals surface area contributed by atoms with Crippen molar-refractivity contribution in [3.8, 4) is 6.07 Å². The molecular formula is C22H28N6O4. The van der Waals surface area contributed by atoms with E-state index < -0.39 is 6.16 Å². The van der Waals surface area contributed by atoms with Crippen LogP contribution in [0, 0.1) is 17.2 Å². The Kier molecular flexibility index (Phi) is 6.17. The van der Waals surface area contributed by atoms with Crippen molar-refractivity contribution in [2.24, 2.45) is 11.1 Å². The molecule has 10 nitrogen and oxygen atoms in total. The third kappa shape index (κ3) is 4.33. The minimum atomic E-state index is -1.83. The number of nitriles is 1. The Balaban J connectivity index is 0.000000567. The molecule has 1 aliphatic heterocycles. The number of rotatable bonds is 4. The Morgan fingerprint density at radius 1 is 1.31 bits per heavy atom. The number of hydrogen-bond acceptors (Lipinski definition) is 7. The van der Waals surface area contributed by atoms with Crippen molar-refractivity contribution in [1.29, 1.82) is 5.26 Å². The average molecular weight is 441 g/mol. The molecule has 0 unspecified atom stereocenters. The zero-order chi connectivity index (χ0) is 22.7. The van der Waals surface area contributed by atoms with Gasteiger partial charge in [0.05, 0.1) is 35.0 Å². The largest absolute Gasteiger partial charge is 0.503 e. The first-order valence-corrected chi connectivity index (χ1v) is 11.1. The Morgan fingerprint density at radius 2 is 2.03 bits per heavy atom. The number of pyridine rings is 1. The molecule has 10 heteroatoms. The van der Waals surface area contributed by atoms with Crippen molar-refractivity contribution in [3.63, 3.8) is 0 Å². The van der Waals surface area contributed by atoms with E-state index in [4.69, 9.17) is 30.1 Å². The SMILES string of the molecule is CCn1ncc2c(NC3CCCCC3)c(C3=NOC4(C3)CC(C#N)C4)cnc21.O=C(O)O. The average Bonchev–Trinajstić information content (AvgIpc) is 3.38. The summed E-state index contributed by atoms with van der Waals surface area (Å²) in [5.74, 6) is 0.0952. The van der Waals surface area contributed by atoms with Gasteiger partial charge in [-0.25, -0.2) is 14.5 Å². The second-order valence-electron chi connectivity index (χ2n) is 8.73. The van der Waals surface area contributed by atoms with Crippen molar-refractivity contribution >= 4 is 28.6 Å². The molecule has 2 saturated carbocycles. The Bertz CT molecular complexity index is 1060. The zero-order valence-corrected chi connectivity index (χ0v) is 18.1. The van der Waals surface area contributed by atoms with Gasteiger partial charge in [-0.1, -0.05) is 24.4 Å². The summed E-state index contributed by atoms with van der Waals surface area (Å²) in [7, 11) is 0. The van der Waals surface area contributed by atoms with Crippen LogP contribution in [0.2, 0.25) is 0 Å². The van der Waals surface area contributed by atoms with Gasteiger partial charge in [0.25, 0.3) is 0 Å². The molecule has 3 aliphatic rings. The van der Waals surface area contributed by atoms with Gasteiger partial charge in [-0.05, 0) is 19.8 Å². The highest BCUT2D eigenvalue weighted by Gasteiger charge is 2.51. The minimum Gasteiger partial charge on any atom is -0.450 e. The maximum atomic E-state index is 9.11. The van der Waals surface area contributed by atoms with E-state index in [1.807, 2.05) is 17.1 Å². The van der Waals surface area contributed by atoms with E-state index in [0.29, 0.717) is 6.04 Å². The highest BCUT2D eigenvalue weighted by atomic mass is 16.7. The second-order valence-corrected chi connectivity index (χ2v) is 8.73. The monoisotopic (exact) mass is 440 g/mol. The van der Waals surface area contributed by atoms with Crippen LogP contribution >= 0.6 is 0 Å². The quantitative estimate of drug-likeness (QED) is 0.641. The summed E-state index contributed by atoms with van der Waals surface area (Å²) < 4.78 is 1.93. The van der Waals surface area contributed by atoms with Crippen LogP contribution in [0.4, 0.5) is 10.5 Å². The van der Waals surface area contributed by atoms with Crippen LogP contribution in [-0.2, 0) is 11.4 Å². The molecule has 0 amide bonds. The second kappa shape index (κ2) is 9.02. The minimum absolute atomic E-state index is 0.0952. The molecule has 3 N–H and O–H groups in total. The topological polar surface area (TPSA) is 146 Å². The Morgan fingerprint density at radius 3 is 2.69 bits per heavy atom. The third-order valence-electron chi connectivity index (χ3n) is 6.49. The van der Waals surface area contributed by atoms with Crippen LogP contribution < -0.4 is 5.32 Å². The lowest BCUT2D eigenvalue weighted by molar-refractivity contribution is -0.0941. The molecule has 5 rings (SSSR count). The number of carbonyl (C=O) groups is 1. The van der Waals surface area contributed by atoms with Gasteiger partial charge in [-0.15, -0.1) is 0 Å². The molecule has 0 radical (unpaired) electrons. The lowest BCUT2D eigenvalue weighted by Crippen LogP contribution is -2.43. The van der Waals surface area contributed by atoms with Crippen molar-refractivity contribution in [2.45, 2.75) is 76.5 Å². The van der Waals surface area contributed by atoms with Crippen LogP contribution in [0.3, 0.4) is 0 Å². The lowest BCUT2D eigenvalue weighted by atomic mass is 9.69. The first kappa shape index (κ1) is 21.9. The number of oxime groups is 1. The smallest absolute Gasteiger partial charge is 0.450 e. The molecule has 2 aliphatic carbocycles. The van der Waals surface area contributed by atoms with Crippen LogP contribution in [-0.4, -0.2) is 48.5 Å². The molecule has 0 saturated heterocycles. The van der Waals surface area contributed by atoms with Gasteiger partial charge in [0.15, 0.2) is 5.65 Å². The summed E-state index contributed by atoms with van der Waals surface area (Å²) in [6.07, 6.45) is 10.6. The summed E-state index contributed by atoms with van der Waals surface area (Å²) in [5, 5.41) is 36.9. The summed E-state index contributed by atoms with van der Waals surface area (Å²) >= 11 is 0. The van der Waals surface area contributed by atoms with Crippen LogP contribution in [0.15, 0.2) is 17.5 Å². The number of hydrogen-bond donors (Lipinski definition) is 3. The predicted molar refractivity (Wildman–Crippen MR) is 118 cm³/mol. The van der Waals surface area contributed by atoms with Crippen LogP contribution in [0.5, 0.6) is 0 Å². The molecule has 170 valence electrons. The van der Waals surface area contributed by atoms with E-state index in [2.05, 4.69) is 28.6 Å². The van der Waals surface area contributed by atoms with E-state index >= 15 is 0 Å². The number of fused-ring (bicyclic) bond motifs is 1. The van der Waals surface area contributed by atoms with Crippen molar-refractivity contribution in [1.82, 2.24) is 14.8 Å². The Hall–Kier alpha value is -3.35. The first-order valence-electron chi connectivity index (χ1n) is 11.1. The maximum Gasteiger partial charge on any atom is 0.503 e. The van der Waals surface area contributed by atoms with Gasteiger partial charge in [-0.2, -0.15) is 10.4 Å². The fourth-order valence-corrected chi connectivity index (χ4v) is 4.90. The number of anilines is 1. The highest BCUT2D eigenvalue weighted by molar-refractivity contribution is 6.10. The fraction of sp³-hybridized carbons (Fsp3) is 0.591. The summed E-state index contributed by atoms with van der Waals surface area (Å²) in [6.45, 7) is 2.87. The lowest BCUT2D eigenvalue weighted by Gasteiger charge is -2.38. The standard InChI is InChI=1S/C21H26N6O.CH2O3/c1-2-27-20-17(13-24-27)19(25-15-6-4-3-5-7-15)16(12-23-20)18-10-21(28-26-18)8-14(9-21)11-22;2-1(3)4/h12-15H,2-10H2,1H3,(H,23,25);(H2,2,3,4). The fourth-order valence-electron chi connectivity index (χ4n) is 4.90. The number of aryl methyl sites for hydroxylation is 1. The molecule has 32 heavy (non-hydrogen) atoms. The predicted octanol–water partition coefficient (Wildman–Crippen LogP) is 4.21. The summed E-state index contributed by atoms with van der Waals surface area (Å²) in [4.78, 5) is 19.1. The molecule has 1 spiro atoms. The highest BCUT2D eigenvalue weighted by Crippen LogP contribution is 2.47. The van der Waals surface area contributed by atoms with E-state index in [1.54, 1.807) is 0 Å². The number of carboxylic acid groups (broad SMARTS) is 2. The zero-order valence-electron chi connectivity index (χ0n) is 18.1. The normalized spacial score (nSPS) is 24.6. The number of nitrogens with one attached hydrogen (secondary N) is 1. The molecule has 2 aromatic heterocycles. The van der Waals surface area contributed by atoms with Gasteiger partial charge in [0.1, 0.15) is 5.60 Å². The molecule has 2 fully saturated rings. The van der Waals surface area contributed by atoms with E-state index in [0.717, 1.165) is 53.8 Å². The van der Waals surface area contributed by atoms with Gasteiger partial charge < -0.3 is 20.4 Å². The van der Waals surface area contributed by atoms with Gasteiger partial charge in [0, 0.05) is 43.6 Å². The molecule has 0 bridgehead atoms. The van der Waals surface area contributed by atoms with E-state index in [9.17, 15) is 0 Å². The molecule has 0 atom stereocenters. The molecule has 3 heterocycles. The number of nitrogens with zero attached hydrogens (tertiary/aromatic N) is 5. The Labute approximate surface area is 185 Å². The van der Waals surface area contributed by atoms with E-state index in [-0.39, 0.29) is 11.5 Å². The van der Waals surface area contributed by atoms with Crippen molar-refractivity contribution < 1.29 is 19.8 Å². The molecular weight excluding hydrogens is 412 g/mol.